The van der Waals surface area contributed by atoms with Crippen molar-refractivity contribution in [3.05, 3.63) is 40.2 Å². The molecule has 1 aliphatic rings. The summed E-state index contributed by atoms with van der Waals surface area (Å²) in [5, 5.41) is 3.84. The van der Waals surface area contributed by atoms with Crippen molar-refractivity contribution in [1.29, 1.82) is 0 Å². The number of aryl methyl sites for hydroxylation is 1. The molecule has 0 N–H and O–H groups in total. The summed E-state index contributed by atoms with van der Waals surface area (Å²) >= 11 is 3.34. The number of rotatable bonds is 3. The molecule has 2 aromatic rings. The second kappa shape index (κ2) is 7.94. The molecule has 1 atom stereocenters. The number of halogens is 1. The quantitative estimate of drug-likeness (QED) is 0.754. The molecule has 0 aliphatic carbocycles. The highest BCUT2D eigenvalue weighted by Crippen LogP contribution is 2.26. The van der Waals surface area contributed by atoms with Crippen LogP contribution in [0, 0.1) is 6.92 Å². The van der Waals surface area contributed by atoms with Crippen molar-refractivity contribution in [3.8, 4) is 0 Å². The molecule has 26 heavy (non-hydrogen) atoms. The first-order valence-electron chi connectivity index (χ1n) is 8.49. The van der Waals surface area contributed by atoms with E-state index < -0.39 is 6.04 Å². The lowest BCUT2D eigenvalue weighted by Gasteiger charge is -2.29. The zero-order valence-corrected chi connectivity index (χ0v) is 16.3. The fourth-order valence-corrected chi connectivity index (χ4v) is 3.41. The summed E-state index contributed by atoms with van der Waals surface area (Å²) in [5.41, 5.74) is 0.495. The standard InChI is InChI=1S/C17H20BrN5O3/c1-3-15(24)23-6-4-5-22(10-14(23)16-20-11(2)21-26-16)17(25)12-7-13(18)9-19-8-12/h7-9,14H,3-6,10H2,1-2H3. The smallest absolute Gasteiger partial charge is 0.255 e. The summed E-state index contributed by atoms with van der Waals surface area (Å²) in [6.45, 7) is 4.94. The van der Waals surface area contributed by atoms with Crippen LogP contribution in [0.5, 0.6) is 0 Å². The molecule has 3 heterocycles. The van der Waals surface area contributed by atoms with E-state index in [4.69, 9.17) is 4.52 Å². The van der Waals surface area contributed by atoms with Crippen LogP contribution in [0.25, 0.3) is 0 Å². The van der Waals surface area contributed by atoms with E-state index in [1.807, 2.05) is 6.92 Å². The average Bonchev–Trinajstić information content (AvgIpc) is 2.94. The van der Waals surface area contributed by atoms with Crippen LogP contribution >= 0.6 is 15.9 Å². The van der Waals surface area contributed by atoms with Crippen molar-refractivity contribution in [1.82, 2.24) is 24.9 Å². The normalized spacial score (nSPS) is 17.9. The Kier molecular flexibility index (Phi) is 5.65. The Morgan fingerprint density at radius 2 is 2.15 bits per heavy atom. The van der Waals surface area contributed by atoms with Crippen LogP contribution in [0.1, 0.15) is 47.9 Å². The lowest BCUT2D eigenvalue weighted by molar-refractivity contribution is -0.133. The average molecular weight is 422 g/mol. The fourth-order valence-electron chi connectivity index (χ4n) is 3.04. The highest BCUT2D eigenvalue weighted by atomic mass is 79.9. The molecule has 138 valence electrons. The maximum Gasteiger partial charge on any atom is 0.255 e. The van der Waals surface area contributed by atoms with E-state index in [0.717, 1.165) is 4.47 Å². The van der Waals surface area contributed by atoms with E-state index in [2.05, 4.69) is 31.1 Å². The number of amides is 2. The summed E-state index contributed by atoms with van der Waals surface area (Å²) in [7, 11) is 0. The molecule has 0 saturated carbocycles. The molecule has 2 aromatic heterocycles. The van der Waals surface area contributed by atoms with Gasteiger partial charge in [0, 0.05) is 36.4 Å². The lowest BCUT2D eigenvalue weighted by Crippen LogP contribution is -2.40. The van der Waals surface area contributed by atoms with Gasteiger partial charge >= 0.3 is 0 Å². The van der Waals surface area contributed by atoms with Crippen LogP contribution in [0.3, 0.4) is 0 Å². The van der Waals surface area contributed by atoms with E-state index in [1.165, 1.54) is 0 Å². The first-order chi connectivity index (χ1) is 12.5. The van der Waals surface area contributed by atoms with Gasteiger partial charge in [0.05, 0.1) is 12.1 Å². The van der Waals surface area contributed by atoms with E-state index in [9.17, 15) is 9.59 Å². The van der Waals surface area contributed by atoms with Crippen molar-refractivity contribution in [2.24, 2.45) is 0 Å². The third kappa shape index (κ3) is 3.92. The second-order valence-electron chi connectivity index (χ2n) is 6.13. The molecular weight excluding hydrogens is 402 g/mol. The van der Waals surface area contributed by atoms with Crippen molar-refractivity contribution < 1.29 is 14.1 Å². The van der Waals surface area contributed by atoms with Crippen LogP contribution in [0.2, 0.25) is 0 Å². The Balaban J connectivity index is 1.90. The number of hydrogen-bond donors (Lipinski definition) is 0. The Labute approximate surface area is 159 Å². The van der Waals surface area contributed by atoms with Gasteiger partial charge in [-0.1, -0.05) is 12.1 Å². The van der Waals surface area contributed by atoms with E-state index in [-0.39, 0.29) is 11.8 Å². The van der Waals surface area contributed by atoms with Crippen molar-refractivity contribution >= 4 is 27.7 Å². The molecule has 8 nitrogen and oxygen atoms in total. The predicted octanol–water partition coefficient (Wildman–Crippen LogP) is 2.36. The number of carbonyl (C=O) groups is 2. The second-order valence-corrected chi connectivity index (χ2v) is 7.05. The van der Waals surface area contributed by atoms with Crippen molar-refractivity contribution in [3.63, 3.8) is 0 Å². The van der Waals surface area contributed by atoms with E-state index >= 15 is 0 Å². The van der Waals surface area contributed by atoms with Gasteiger partial charge in [0.2, 0.25) is 5.91 Å². The largest absolute Gasteiger partial charge is 0.337 e. The van der Waals surface area contributed by atoms with Gasteiger partial charge < -0.3 is 14.3 Å². The SMILES string of the molecule is CCC(=O)N1CCCN(C(=O)c2cncc(Br)c2)CC1c1nc(C)no1. The van der Waals surface area contributed by atoms with Gasteiger partial charge in [-0.15, -0.1) is 0 Å². The van der Waals surface area contributed by atoms with Gasteiger partial charge in [-0.2, -0.15) is 4.98 Å². The zero-order valence-electron chi connectivity index (χ0n) is 14.7. The predicted molar refractivity (Wildman–Crippen MR) is 96.2 cm³/mol. The summed E-state index contributed by atoms with van der Waals surface area (Å²) in [5.74, 6) is 0.730. The minimum Gasteiger partial charge on any atom is -0.337 e. The monoisotopic (exact) mass is 421 g/mol. The molecular formula is C17H20BrN5O3. The van der Waals surface area contributed by atoms with E-state index in [1.54, 1.807) is 35.2 Å². The summed E-state index contributed by atoms with van der Waals surface area (Å²) in [6.07, 6.45) is 4.24. The molecule has 0 bridgehead atoms. The molecule has 1 aliphatic heterocycles. The van der Waals surface area contributed by atoms with Gasteiger partial charge in [0.25, 0.3) is 11.8 Å². The summed E-state index contributed by atoms with van der Waals surface area (Å²) in [4.78, 5) is 37.2. The minimum absolute atomic E-state index is 0.00396. The Morgan fingerprint density at radius 3 is 2.81 bits per heavy atom. The third-order valence-electron chi connectivity index (χ3n) is 4.29. The first kappa shape index (κ1) is 18.5. The first-order valence-corrected chi connectivity index (χ1v) is 9.28. The number of aromatic nitrogens is 3. The molecule has 1 saturated heterocycles. The van der Waals surface area contributed by atoms with Gasteiger partial charge in [-0.25, -0.2) is 0 Å². The minimum atomic E-state index is -0.449. The number of hydrogen-bond acceptors (Lipinski definition) is 6. The van der Waals surface area contributed by atoms with Crippen LogP contribution < -0.4 is 0 Å². The number of carbonyl (C=O) groups excluding carboxylic acids is 2. The molecule has 0 spiro atoms. The summed E-state index contributed by atoms with van der Waals surface area (Å²) < 4.78 is 6.07. The fraction of sp³-hybridized carbons (Fsp3) is 0.471. The van der Waals surface area contributed by atoms with Crippen LogP contribution in [-0.4, -0.2) is 56.4 Å². The molecule has 2 amide bonds. The van der Waals surface area contributed by atoms with Crippen LogP contribution in [-0.2, 0) is 4.79 Å². The molecule has 9 heteroatoms. The maximum atomic E-state index is 12.9. The van der Waals surface area contributed by atoms with Gasteiger partial charge in [-0.3, -0.25) is 14.6 Å². The molecule has 1 unspecified atom stereocenters. The zero-order chi connectivity index (χ0) is 18.7. The van der Waals surface area contributed by atoms with Crippen molar-refractivity contribution in [2.45, 2.75) is 32.7 Å². The Bertz CT molecular complexity index is 809. The Hall–Kier alpha value is -2.29. The molecule has 1 fully saturated rings. The Morgan fingerprint density at radius 1 is 1.35 bits per heavy atom. The van der Waals surface area contributed by atoms with Crippen LogP contribution in [0.15, 0.2) is 27.5 Å². The summed E-state index contributed by atoms with van der Waals surface area (Å²) in [6, 6.07) is 1.29. The van der Waals surface area contributed by atoms with Gasteiger partial charge in [-0.05, 0) is 35.3 Å². The molecule has 0 radical (unpaired) electrons. The van der Waals surface area contributed by atoms with Gasteiger partial charge in [0.15, 0.2) is 5.82 Å². The topological polar surface area (TPSA) is 92.4 Å². The highest BCUT2D eigenvalue weighted by Gasteiger charge is 2.34. The molecule has 3 rings (SSSR count). The lowest BCUT2D eigenvalue weighted by atomic mass is 10.2. The third-order valence-corrected chi connectivity index (χ3v) is 4.72. The van der Waals surface area contributed by atoms with Crippen LogP contribution in [0.4, 0.5) is 0 Å². The number of pyridine rings is 1. The highest BCUT2D eigenvalue weighted by molar-refractivity contribution is 9.10. The van der Waals surface area contributed by atoms with Crippen molar-refractivity contribution in [2.75, 3.05) is 19.6 Å². The molecule has 0 aromatic carbocycles. The van der Waals surface area contributed by atoms with Gasteiger partial charge in [0.1, 0.15) is 6.04 Å². The van der Waals surface area contributed by atoms with E-state index in [0.29, 0.717) is 49.8 Å². The number of nitrogens with zero attached hydrogens (tertiary/aromatic N) is 5. The maximum absolute atomic E-state index is 12.9.